The van der Waals surface area contributed by atoms with Gasteiger partial charge < -0.3 is 9.72 Å². The van der Waals surface area contributed by atoms with Crippen molar-refractivity contribution < 1.29 is 4.74 Å². The second kappa shape index (κ2) is 10.4. The average Bonchev–Trinajstić information content (AvgIpc) is 2.95. The number of benzene rings is 1. The summed E-state index contributed by atoms with van der Waals surface area (Å²) in [5, 5.41) is 0. The first-order valence-electron chi connectivity index (χ1n) is 8.91. The lowest BCUT2D eigenvalue weighted by molar-refractivity contribution is 0.112. The van der Waals surface area contributed by atoms with Gasteiger partial charge in [-0.2, -0.15) is 0 Å². The maximum Gasteiger partial charge on any atom is 0.133 e. The molecule has 0 aliphatic rings. The number of fused-ring (bicyclic) bond motifs is 1. The van der Waals surface area contributed by atoms with Crippen LogP contribution in [0.5, 0.6) is 0 Å². The molecule has 0 fully saturated rings. The number of nitrogens with one attached hydrogen (secondary N) is 1. The van der Waals surface area contributed by atoms with E-state index in [4.69, 9.17) is 4.74 Å². The molecule has 0 amide bonds. The third kappa shape index (κ3) is 6.18. The fourth-order valence-corrected chi connectivity index (χ4v) is 2.76. The lowest BCUT2D eigenvalue weighted by atomic mass is 10.1. The van der Waals surface area contributed by atoms with E-state index in [1.807, 2.05) is 24.3 Å². The number of aromatic amines is 1. The van der Waals surface area contributed by atoms with Gasteiger partial charge in [0.15, 0.2) is 0 Å². The quantitative estimate of drug-likeness (QED) is 0.517. The lowest BCUT2D eigenvalue weighted by Crippen LogP contribution is -1.97. The molecule has 3 heteroatoms. The molecule has 1 aromatic carbocycles. The number of H-pyrrole nitrogens is 1. The molecule has 0 saturated carbocycles. The highest BCUT2D eigenvalue weighted by molar-refractivity contribution is 5.74. The van der Waals surface area contributed by atoms with Crippen molar-refractivity contribution in [2.45, 2.75) is 71.3 Å². The van der Waals surface area contributed by atoms with Crippen LogP contribution in [0.15, 0.2) is 24.3 Å². The van der Waals surface area contributed by atoms with Crippen molar-refractivity contribution in [3.8, 4) is 0 Å². The Morgan fingerprint density at radius 3 is 2.32 bits per heavy atom. The number of imidazole rings is 1. The summed E-state index contributed by atoms with van der Waals surface area (Å²) in [6.07, 6.45) is 12.1. The normalized spacial score (nSPS) is 11.3. The second-order valence-electron chi connectivity index (χ2n) is 6.08. The van der Waals surface area contributed by atoms with Gasteiger partial charge in [-0.25, -0.2) is 4.98 Å². The van der Waals surface area contributed by atoms with Crippen molar-refractivity contribution in [3.63, 3.8) is 0 Å². The molecule has 0 spiro atoms. The Labute approximate surface area is 134 Å². The zero-order chi connectivity index (χ0) is 15.5. The van der Waals surface area contributed by atoms with Gasteiger partial charge in [0.25, 0.3) is 0 Å². The molecule has 1 heterocycles. The number of hydrogen-bond acceptors (Lipinski definition) is 2. The van der Waals surface area contributed by atoms with Crippen LogP contribution in [0.1, 0.15) is 70.5 Å². The molecule has 3 nitrogen and oxygen atoms in total. The van der Waals surface area contributed by atoms with Crippen molar-refractivity contribution in [1.29, 1.82) is 0 Å². The van der Waals surface area contributed by atoms with Gasteiger partial charge in [-0.3, -0.25) is 0 Å². The highest BCUT2D eigenvalue weighted by Crippen LogP contribution is 2.12. The Morgan fingerprint density at radius 2 is 1.59 bits per heavy atom. The Morgan fingerprint density at radius 1 is 0.909 bits per heavy atom. The predicted molar refractivity (Wildman–Crippen MR) is 93.0 cm³/mol. The van der Waals surface area contributed by atoms with Crippen LogP contribution in [0.3, 0.4) is 0 Å². The van der Waals surface area contributed by atoms with E-state index >= 15 is 0 Å². The number of hydrogen-bond donors (Lipinski definition) is 1. The standard InChI is InChI=1S/C19H30N2O/c1-2-3-4-5-6-7-8-9-12-15-22-16-19-20-17-13-10-11-14-18(17)21-19/h10-11,13-14H,2-9,12,15-16H2,1H3,(H,20,21). The van der Waals surface area contributed by atoms with E-state index in [0.717, 1.165) is 29.9 Å². The number of unbranched alkanes of at least 4 members (excludes halogenated alkanes) is 8. The maximum atomic E-state index is 5.72. The van der Waals surface area contributed by atoms with Crippen LogP contribution >= 0.6 is 0 Å². The van der Waals surface area contributed by atoms with Crippen molar-refractivity contribution in [2.24, 2.45) is 0 Å². The minimum atomic E-state index is 0.589. The van der Waals surface area contributed by atoms with Crippen LogP contribution in [0.2, 0.25) is 0 Å². The largest absolute Gasteiger partial charge is 0.374 e. The first-order valence-corrected chi connectivity index (χ1v) is 8.91. The monoisotopic (exact) mass is 302 g/mol. The minimum absolute atomic E-state index is 0.589. The van der Waals surface area contributed by atoms with Crippen molar-refractivity contribution in [1.82, 2.24) is 9.97 Å². The summed E-state index contributed by atoms with van der Waals surface area (Å²) < 4.78 is 5.72. The van der Waals surface area contributed by atoms with Gasteiger partial charge in [0.05, 0.1) is 11.0 Å². The Bertz CT molecular complexity index is 488. The smallest absolute Gasteiger partial charge is 0.133 e. The lowest BCUT2D eigenvalue weighted by Gasteiger charge is -2.03. The number of rotatable bonds is 12. The van der Waals surface area contributed by atoms with E-state index in [1.54, 1.807) is 0 Å². The SMILES string of the molecule is CCCCCCCCCCCOCc1nc2ccccc2[nH]1. The molecule has 122 valence electrons. The highest BCUT2D eigenvalue weighted by atomic mass is 16.5. The Hall–Kier alpha value is -1.35. The molecule has 0 saturated heterocycles. The molecule has 0 radical (unpaired) electrons. The number of aromatic nitrogens is 2. The molecule has 2 aromatic rings. The van der Waals surface area contributed by atoms with E-state index in [0.29, 0.717) is 6.61 Å². The van der Waals surface area contributed by atoms with Crippen LogP contribution < -0.4 is 0 Å². The van der Waals surface area contributed by atoms with Gasteiger partial charge in [-0.1, -0.05) is 70.4 Å². The van der Waals surface area contributed by atoms with Gasteiger partial charge in [0, 0.05) is 6.61 Å². The molecule has 2 rings (SSSR count). The number of ether oxygens (including phenoxy) is 1. The van der Waals surface area contributed by atoms with Crippen molar-refractivity contribution >= 4 is 11.0 Å². The summed E-state index contributed by atoms with van der Waals surface area (Å²) in [6.45, 7) is 3.70. The Balaban J connectivity index is 1.46. The number of para-hydroxylation sites is 2. The molecular weight excluding hydrogens is 272 g/mol. The summed E-state index contributed by atoms with van der Waals surface area (Å²) in [5.74, 6) is 0.928. The summed E-state index contributed by atoms with van der Waals surface area (Å²) >= 11 is 0. The van der Waals surface area contributed by atoms with E-state index < -0.39 is 0 Å². The third-order valence-corrected chi connectivity index (χ3v) is 4.07. The topological polar surface area (TPSA) is 37.9 Å². The van der Waals surface area contributed by atoms with Crippen LogP contribution in [0.25, 0.3) is 11.0 Å². The zero-order valence-corrected chi connectivity index (χ0v) is 13.9. The van der Waals surface area contributed by atoms with E-state index in [1.165, 1.54) is 51.4 Å². The second-order valence-corrected chi connectivity index (χ2v) is 6.08. The minimum Gasteiger partial charge on any atom is -0.374 e. The molecule has 1 N–H and O–H groups in total. The van der Waals surface area contributed by atoms with Crippen molar-refractivity contribution in [2.75, 3.05) is 6.61 Å². The number of nitrogens with zero attached hydrogens (tertiary/aromatic N) is 1. The van der Waals surface area contributed by atoms with Crippen LogP contribution in [-0.4, -0.2) is 16.6 Å². The van der Waals surface area contributed by atoms with E-state index in [2.05, 4.69) is 16.9 Å². The molecule has 0 aliphatic carbocycles. The zero-order valence-electron chi connectivity index (χ0n) is 13.9. The molecule has 1 aromatic heterocycles. The maximum absolute atomic E-state index is 5.72. The summed E-state index contributed by atoms with van der Waals surface area (Å²) in [6, 6.07) is 8.10. The van der Waals surface area contributed by atoms with Gasteiger partial charge in [0.1, 0.15) is 12.4 Å². The van der Waals surface area contributed by atoms with Gasteiger partial charge in [-0.05, 0) is 18.6 Å². The molecule has 0 aliphatic heterocycles. The van der Waals surface area contributed by atoms with Gasteiger partial charge >= 0.3 is 0 Å². The highest BCUT2D eigenvalue weighted by Gasteiger charge is 2.01. The Kier molecular flexibility index (Phi) is 8.03. The van der Waals surface area contributed by atoms with E-state index in [9.17, 15) is 0 Å². The fraction of sp³-hybridized carbons (Fsp3) is 0.632. The molecule has 22 heavy (non-hydrogen) atoms. The van der Waals surface area contributed by atoms with Crippen molar-refractivity contribution in [3.05, 3.63) is 30.1 Å². The summed E-state index contributed by atoms with van der Waals surface area (Å²) in [7, 11) is 0. The molecular formula is C19H30N2O. The predicted octanol–water partition coefficient (Wildman–Crippen LogP) is 5.61. The molecule has 0 atom stereocenters. The van der Waals surface area contributed by atoms with E-state index in [-0.39, 0.29) is 0 Å². The van der Waals surface area contributed by atoms with Gasteiger partial charge in [-0.15, -0.1) is 0 Å². The van der Waals surface area contributed by atoms with Crippen LogP contribution in [-0.2, 0) is 11.3 Å². The van der Waals surface area contributed by atoms with Crippen LogP contribution in [0, 0.1) is 0 Å². The third-order valence-electron chi connectivity index (χ3n) is 4.07. The summed E-state index contributed by atoms with van der Waals surface area (Å²) in [4.78, 5) is 7.81. The first-order chi connectivity index (χ1) is 10.9. The first kappa shape index (κ1) is 17.0. The van der Waals surface area contributed by atoms with Crippen LogP contribution in [0.4, 0.5) is 0 Å². The summed E-state index contributed by atoms with van der Waals surface area (Å²) in [5.41, 5.74) is 2.10. The fourth-order valence-electron chi connectivity index (χ4n) is 2.76. The molecule has 0 bridgehead atoms. The molecule has 0 unspecified atom stereocenters. The average molecular weight is 302 g/mol. The van der Waals surface area contributed by atoms with Gasteiger partial charge in [0.2, 0.25) is 0 Å².